The van der Waals surface area contributed by atoms with Gasteiger partial charge in [0.1, 0.15) is 5.75 Å². The van der Waals surface area contributed by atoms with Crippen molar-refractivity contribution < 1.29 is 9.53 Å². The number of nitrogens with one attached hydrogen (secondary N) is 2. The quantitative estimate of drug-likeness (QED) is 0.454. The molecule has 0 aliphatic carbocycles. The second kappa shape index (κ2) is 9.32. The monoisotopic (exact) mass is 482 g/mol. The van der Waals surface area contributed by atoms with Crippen molar-refractivity contribution in [2.24, 2.45) is 0 Å². The van der Waals surface area contributed by atoms with Gasteiger partial charge in [0.2, 0.25) is 0 Å². The molecule has 2 N–H and O–H groups in total. The van der Waals surface area contributed by atoms with E-state index in [1.54, 1.807) is 18.2 Å². The third kappa shape index (κ3) is 5.67. The summed E-state index contributed by atoms with van der Waals surface area (Å²) >= 11 is 7.60. The van der Waals surface area contributed by atoms with Gasteiger partial charge in [-0.05, 0) is 103 Å². The minimum Gasteiger partial charge on any atom is -0.491 e. The van der Waals surface area contributed by atoms with Gasteiger partial charge < -0.3 is 10.1 Å². The maximum atomic E-state index is 12.4. The fourth-order valence-corrected chi connectivity index (χ4v) is 2.90. The average molecular weight is 482 g/mol. The highest BCUT2D eigenvalue weighted by Crippen LogP contribution is 2.21. The van der Waals surface area contributed by atoms with E-state index in [-0.39, 0.29) is 17.1 Å². The first-order chi connectivity index (χ1) is 12.3. The lowest BCUT2D eigenvalue weighted by Crippen LogP contribution is -2.34. The summed E-state index contributed by atoms with van der Waals surface area (Å²) in [7, 11) is 0. The smallest absolute Gasteiger partial charge is 0.257 e. The van der Waals surface area contributed by atoms with Crippen LogP contribution in [0.1, 0.15) is 41.8 Å². The number of benzene rings is 2. The van der Waals surface area contributed by atoms with Crippen LogP contribution in [0.4, 0.5) is 5.69 Å². The summed E-state index contributed by atoms with van der Waals surface area (Å²) in [5.41, 5.74) is 3.69. The zero-order valence-corrected chi connectivity index (χ0v) is 18.3. The molecule has 1 atom stereocenters. The fraction of sp³-hybridized carbons (Fsp3) is 0.300. The van der Waals surface area contributed by atoms with E-state index in [9.17, 15) is 4.79 Å². The Bertz CT molecular complexity index is 800. The van der Waals surface area contributed by atoms with Crippen LogP contribution in [0, 0.1) is 17.4 Å². The summed E-state index contributed by atoms with van der Waals surface area (Å²) < 4.78 is 6.99. The highest BCUT2D eigenvalue weighted by molar-refractivity contribution is 14.1. The molecule has 0 radical (unpaired) electrons. The standard InChI is InChI=1S/C20H23IN2O2S/c1-5-14(4)25-17-8-6-7-15(11-17)19(24)23-20(26)22-16-9-12(2)18(21)13(3)10-16/h6-11,14H,5H2,1-4H3,(H2,22,23,24,26)/t14-/m0/s1. The molecule has 138 valence electrons. The number of ether oxygens (including phenoxy) is 1. The lowest BCUT2D eigenvalue weighted by Gasteiger charge is -2.14. The molecule has 1 amide bonds. The van der Waals surface area contributed by atoms with Crippen molar-refractivity contribution in [3.63, 3.8) is 0 Å². The van der Waals surface area contributed by atoms with Gasteiger partial charge in [-0.1, -0.05) is 13.0 Å². The molecular formula is C20H23IN2O2S. The first kappa shape index (κ1) is 20.6. The summed E-state index contributed by atoms with van der Waals surface area (Å²) in [6.07, 6.45) is 1.00. The third-order valence-corrected chi connectivity index (χ3v) is 5.84. The predicted octanol–water partition coefficient (Wildman–Crippen LogP) is 5.21. The van der Waals surface area contributed by atoms with E-state index in [1.807, 2.05) is 39.0 Å². The summed E-state index contributed by atoms with van der Waals surface area (Å²) in [5, 5.41) is 6.06. The molecule has 2 aromatic rings. The maximum Gasteiger partial charge on any atom is 0.257 e. The second-order valence-corrected chi connectivity index (χ2v) is 7.68. The third-order valence-electron chi connectivity index (χ3n) is 3.93. The van der Waals surface area contributed by atoms with Gasteiger partial charge in [-0.25, -0.2) is 0 Å². The molecule has 0 saturated heterocycles. The largest absolute Gasteiger partial charge is 0.491 e. The Balaban J connectivity index is 2.03. The van der Waals surface area contributed by atoms with E-state index in [0.29, 0.717) is 11.3 Å². The van der Waals surface area contributed by atoms with Crippen LogP contribution < -0.4 is 15.4 Å². The molecule has 0 aliphatic heterocycles. The summed E-state index contributed by atoms with van der Waals surface area (Å²) in [5.74, 6) is 0.408. The van der Waals surface area contributed by atoms with Gasteiger partial charge in [0.05, 0.1) is 6.10 Å². The van der Waals surface area contributed by atoms with Crippen LogP contribution in [0.15, 0.2) is 36.4 Å². The average Bonchev–Trinajstić information content (AvgIpc) is 2.59. The predicted molar refractivity (Wildman–Crippen MR) is 119 cm³/mol. The van der Waals surface area contributed by atoms with Crippen LogP contribution in [-0.4, -0.2) is 17.1 Å². The Morgan fingerprint density at radius 1 is 1.23 bits per heavy atom. The number of carbonyl (C=O) groups is 1. The molecular weight excluding hydrogens is 459 g/mol. The second-order valence-electron chi connectivity index (χ2n) is 6.20. The highest BCUT2D eigenvalue weighted by Gasteiger charge is 2.11. The van der Waals surface area contributed by atoms with Crippen molar-refractivity contribution >= 4 is 51.5 Å². The van der Waals surface area contributed by atoms with Crippen LogP contribution in [0.5, 0.6) is 5.75 Å². The number of amides is 1. The number of hydrogen-bond donors (Lipinski definition) is 2. The molecule has 0 fully saturated rings. The Morgan fingerprint density at radius 3 is 2.50 bits per heavy atom. The maximum absolute atomic E-state index is 12.4. The number of halogens is 1. The molecule has 6 heteroatoms. The zero-order chi connectivity index (χ0) is 19.3. The first-order valence-electron chi connectivity index (χ1n) is 8.46. The fourth-order valence-electron chi connectivity index (χ4n) is 2.38. The first-order valence-corrected chi connectivity index (χ1v) is 9.94. The Labute approximate surface area is 173 Å². The van der Waals surface area contributed by atoms with E-state index in [0.717, 1.165) is 23.2 Å². The van der Waals surface area contributed by atoms with Gasteiger partial charge in [-0.15, -0.1) is 0 Å². The molecule has 0 unspecified atom stereocenters. The van der Waals surface area contributed by atoms with Crippen molar-refractivity contribution in [1.29, 1.82) is 0 Å². The lowest BCUT2D eigenvalue weighted by molar-refractivity contribution is 0.0977. The van der Waals surface area contributed by atoms with Crippen molar-refractivity contribution in [1.82, 2.24) is 5.32 Å². The molecule has 0 bridgehead atoms. The SMILES string of the molecule is CC[C@H](C)Oc1cccc(C(=O)NC(=S)Nc2cc(C)c(I)c(C)c2)c1. The Kier molecular flexibility index (Phi) is 7.40. The van der Waals surface area contributed by atoms with Crippen molar-refractivity contribution in [2.75, 3.05) is 5.32 Å². The van der Waals surface area contributed by atoms with Gasteiger partial charge in [-0.2, -0.15) is 0 Å². The van der Waals surface area contributed by atoms with E-state index >= 15 is 0 Å². The minimum absolute atomic E-state index is 0.100. The number of thiocarbonyl (C=S) groups is 1. The molecule has 26 heavy (non-hydrogen) atoms. The van der Waals surface area contributed by atoms with Gasteiger partial charge in [0, 0.05) is 14.8 Å². The number of hydrogen-bond acceptors (Lipinski definition) is 3. The summed E-state index contributed by atoms with van der Waals surface area (Å²) in [6.45, 7) is 8.14. The van der Waals surface area contributed by atoms with Crippen LogP contribution in [0.25, 0.3) is 0 Å². The van der Waals surface area contributed by atoms with Crippen LogP contribution in [0.3, 0.4) is 0 Å². The summed E-state index contributed by atoms with van der Waals surface area (Å²) in [4.78, 5) is 12.4. The molecule has 2 rings (SSSR count). The van der Waals surface area contributed by atoms with Crippen LogP contribution >= 0.6 is 34.8 Å². The van der Waals surface area contributed by atoms with Gasteiger partial charge in [0.15, 0.2) is 5.11 Å². The molecule has 0 spiro atoms. The van der Waals surface area contributed by atoms with Crippen LogP contribution in [-0.2, 0) is 0 Å². The molecule has 0 aliphatic rings. The molecule has 2 aromatic carbocycles. The van der Waals surface area contributed by atoms with Crippen molar-refractivity contribution in [3.8, 4) is 5.75 Å². The van der Waals surface area contributed by atoms with Gasteiger partial charge >= 0.3 is 0 Å². The topological polar surface area (TPSA) is 50.4 Å². The van der Waals surface area contributed by atoms with Crippen molar-refractivity contribution in [2.45, 2.75) is 40.2 Å². The normalized spacial score (nSPS) is 11.6. The molecule has 0 aromatic heterocycles. The Morgan fingerprint density at radius 2 is 1.88 bits per heavy atom. The van der Waals surface area contributed by atoms with E-state index in [2.05, 4.69) is 40.1 Å². The zero-order valence-electron chi connectivity index (χ0n) is 15.4. The number of rotatable bonds is 5. The van der Waals surface area contributed by atoms with E-state index in [1.165, 1.54) is 3.57 Å². The number of carbonyl (C=O) groups excluding carboxylic acids is 1. The van der Waals surface area contributed by atoms with E-state index in [4.69, 9.17) is 17.0 Å². The number of anilines is 1. The molecule has 0 heterocycles. The summed E-state index contributed by atoms with van der Waals surface area (Å²) in [6, 6.07) is 11.1. The highest BCUT2D eigenvalue weighted by atomic mass is 127. The number of aryl methyl sites for hydroxylation is 2. The Hall–Kier alpha value is -1.67. The molecule has 0 saturated carbocycles. The van der Waals surface area contributed by atoms with Gasteiger partial charge in [0.25, 0.3) is 5.91 Å². The van der Waals surface area contributed by atoms with Crippen molar-refractivity contribution in [3.05, 3.63) is 56.7 Å². The van der Waals surface area contributed by atoms with Gasteiger partial charge in [-0.3, -0.25) is 10.1 Å². The molecule has 4 nitrogen and oxygen atoms in total. The minimum atomic E-state index is -0.268. The van der Waals surface area contributed by atoms with Crippen LogP contribution in [0.2, 0.25) is 0 Å². The van der Waals surface area contributed by atoms with E-state index < -0.39 is 0 Å². The lowest BCUT2D eigenvalue weighted by atomic mass is 10.1.